The Morgan fingerprint density at radius 1 is 1.38 bits per heavy atom. The van der Waals surface area contributed by atoms with Gasteiger partial charge in [-0.1, -0.05) is 6.07 Å². The Kier molecular flexibility index (Phi) is 3.88. The molecule has 6 heteroatoms. The van der Waals surface area contributed by atoms with Crippen LogP contribution in [0.2, 0.25) is 0 Å². The topological polar surface area (TPSA) is 66.0 Å². The molecule has 1 aromatic carbocycles. The van der Waals surface area contributed by atoms with Gasteiger partial charge >= 0.3 is 0 Å². The molecule has 112 valence electrons. The van der Waals surface area contributed by atoms with E-state index in [1.54, 1.807) is 12.1 Å². The Morgan fingerprint density at radius 3 is 3.00 bits per heavy atom. The lowest BCUT2D eigenvalue weighted by Gasteiger charge is -2.15. The number of aryl methyl sites for hydroxylation is 1. The smallest absolute Gasteiger partial charge is 0.171 e. The average Bonchev–Trinajstić information content (AvgIpc) is 2.89. The molecule has 3 rings (SSSR count). The van der Waals surface area contributed by atoms with E-state index in [2.05, 4.69) is 14.8 Å². The molecule has 0 bridgehead atoms. The van der Waals surface area contributed by atoms with Gasteiger partial charge in [-0.25, -0.2) is 4.39 Å². The third kappa shape index (κ3) is 2.90. The van der Waals surface area contributed by atoms with Crippen LogP contribution in [0.1, 0.15) is 43.0 Å². The summed E-state index contributed by atoms with van der Waals surface area (Å²) in [5.74, 6) is 1.56. The Labute approximate surface area is 122 Å². The highest BCUT2D eigenvalue weighted by molar-refractivity contribution is 5.30. The van der Waals surface area contributed by atoms with E-state index in [0.717, 1.165) is 43.0 Å². The fourth-order valence-corrected chi connectivity index (χ4v) is 2.53. The molecule has 0 fully saturated rings. The number of ether oxygens (including phenoxy) is 1. The molecule has 0 saturated heterocycles. The van der Waals surface area contributed by atoms with Crippen molar-refractivity contribution in [1.29, 1.82) is 0 Å². The molecular weight excluding hydrogens is 271 g/mol. The molecule has 0 aliphatic carbocycles. The van der Waals surface area contributed by atoms with Crippen LogP contribution in [-0.4, -0.2) is 14.8 Å². The summed E-state index contributed by atoms with van der Waals surface area (Å²) in [4.78, 5) is 0. The number of halogens is 1. The standard InChI is InChI=1S/C15H19FN4O/c1-10(17)11-5-6-13(12(16)8-11)21-9-15-19-18-14-4-2-3-7-20(14)15/h5-6,8,10H,2-4,7,9,17H2,1H3. The van der Waals surface area contributed by atoms with Crippen LogP contribution in [-0.2, 0) is 19.6 Å². The van der Waals surface area contributed by atoms with Crippen LogP contribution in [0.5, 0.6) is 5.75 Å². The first kappa shape index (κ1) is 14.0. The van der Waals surface area contributed by atoms with Crippen LogP contribution >= 0.6 is 0 Å². The summed E-state index contributed by atoms with van der Waals surface area (Å²) in [5, 5.41) is 8.29. The molecule has 0 spiro atoms. The third-order valence-corrected chi connectivity index (χ3v) is 3.77. The van der Waals surface area contributed by atoms with Gasteiger partial charge in [0.25, 0.3) is 0 Å². The summed E-state index contributed by atoms with van der Waals surface area (Å²) in [6.45, 7) is 2.95. The normalized spacial score (nSPS) is 15.6. The van der Waals surface area contributed by atoms with Crippen molar-refractivity contribution in [3.05, 3.63) is 41.2 Å². The van der Waals surface area contributed by atoms with Crippen molar-refractivity contribution in [2.24, 2.45) is 5.73 Å². The zero-order chi connectivity index (χ0) is 14.8. The van der Waals surface area contributed by atoms with E-state index in [-0.39, 0.29) is 18.4 Å². The van der Waals surface area contributed by atoms with Gasteiger partial charge in [0, 0.05) is 19.0 Å². The lowest BCUT2D eigenvalue weighted by atomic mass is 10.1. The molecule has 5 nitrogen and oxygen atoms in total. The monoisotopic (exact) mass is 290 g/mol. The minimum absolute atomic E-state index is 0.197. The number of fused-ring (bicyclic) bond motifs is 1. The van der Waals surface area contributed by atoms with Crippen molar-refractivity contribution in [3.63, 3.8) is 0 Å². The average molecular weight is 290 g/mol. The van der Waals surface area contributed by atoms with E-state index in [9.17, 15) is 4.39 Å². The molecule has 0 saturated carbocycles. The molecule has 2 N–H and O–H groups in total. The maximum atomic E-state index is 14.0. The highest BCUT2D eigenvalue weighted by Crippen LogP contribution is 2.22. The Morgan fingerprint density at radius 2 is 2.24 bits per heavy atom. The number of aromatic nitrogens is 3. The molecule has 1 aliphatic heterocycles. The van der Waals surface area contributed by atoms with Crippen LogP contribution in [0.3, 0.4) is 0 Å². The molecule has 0 amide bonds. The Hall–Kier alpha value is -1.95. The van der Waals surface area contributed by atoms with E-state index < -0.39 is 5.82 Å². The number of nitrogens with two attached hydrogens (primary N) is 1. The van der Waals surface area contributed by atoms with Crippen molar-refractivity contribution in [2.75, 3.05) is 0 Å². The second-order valence-corrected chi connectivity index (χ2v) is 5.41. The first-order valence-corrected chi connectivity index (χ1v) is 7.24. The quantitative estimate of drug-likeness (QED) is 0.938. The molecule has 1 unspecified atom stereocenters. The van der Waals surface area contributed by atoms with Gasteiger partial charge in [0.05, 0.1) is 0 Å². The largest absolute Gasteiger partial charge is 0.483 e. The van der Waals surface area contributed by atoms with Crippen LogP contribution in [0.25, 0.3) is 0 Å². The first-order chi connectivity index (χ1) is 10.1. The predicted octanol–water partition coefficient (Wildman–Crippen LogP) is 2.35. The lowest BCUT2D eigenvalue weighted by molar-refractivity contribution is 0.272. The van der Waals surface area contributed by atoms with Crippen LogP contribution in [0.4, 0.5) is 4.39 Å². The Balaban J connectivity index is 1.72. The molecule has 1 aliphatic rings. The molecule has 2 aromatic rings. The third-order valence-electron chi connectivity index (χ3n) is 3.77. The van der Waals surface area contributed by atoms with Gasteiger partial charge in [0.15, 0.2) is 17.4 Å². The SMILES string of the molecule is CC(N)c1ccc(OCc2nnc3n2CCCC3)c(F)c1. The molecule has 1 aromatic heterocycles. The van der Waals surface area contributed by atoms with Gasteiger partial charge in [-0.05, 0) is 37.5 Å². The minimum atomic E-state index is -0.400. The van der Waals surface area contributed by atoms with E-state index in [0.29, 0.717) is 0 Å². The first-order valence-electron chi connectivity index (χ1n) is 7.24. The number of rotatable bonds is 4. The summed E-state index contributed by atoms with van der Waals surface area (Å²) < 4.78 is 21.6. The van der Waals surface area contributed by atoms with Crippen molar-refractivity contribution < 1.29 is 9.13 Å². The second-order valence-electron chi connectivity index (χ2n) is 5.41. The molecule has 1 atom stereocenters. The zero-order valence-electron chi connectivity index (χ0n) is 12.1. The second kappa shape index (κ2) is 5.81. The van der Waals surface area contributed by atoms with Crippen molar-refractivity contribution in [3.8, 4) is 5.75 Å². The summed E-state index contributed by atoms with van der Waals surface area (Å²) in [7, 11) is 0. The van der Waals surface area contributed by atoms with Gasteiger partial charge in [-0.3, -0.25) is 0 Å². The molecule has 0 radical (unpaired) electrons. The number of hydrogen-bond donors (Lipinski definition) is 1. The van der Waals surface area contributed by atoms with Gasteiger partial charge in [-0.15, -0.1) is 10.2 Å². The number of hydrogen-bond acceptors (Lipinski definition) is 4. The van der Waals surface area contributed by atoms with Crippen molar-refractivity contribution in [1.82, 2.24) is 14.8 Å². The zero-order valence-corrected chi connectivity index (χ0v) is 12.1. The van der Waals surface area contributed by atoms with Crippen LogP contribution < -0.4 is 10.5 Å². The fourth-order valence-electron chi connectivity index (χ4n) is 2.53. The van der Waals surface area contributed by atoms with Gasteiger partial charge in [0.2, 0.25) is 0 Å². The van der Waals surface area contributed by atoms with Crippen LogP contribution in [0, 0.1) is 5.82 Å². The summed E-state index contributed by atoms with van der Waals surface area (Å²) in [5.41, 5.74) is 6.48. The van der Waals surface area contributed by atoms with Gasteiger partial charge in [0.1, 0.15) is 12.4 Å². The molecular formula is C15H19FN4O. The number of nitrogens with zero attached hydrogens (tertiary/aromatic N) is 3. The van der Waals surface area contributed by atoms with E-state index in [1.807, 2.05) is 6.92 Å². The van der Waals surface area contributed by atoms with Gasteiger partial charge < -0.3 is 15.0 Å². The lowest BCUT2D eigenvalue weighted by Crippen LogP contribution is -2.14. The van der Waals surface area contributed by atoms with Gasteiger partial charge in [-0.2, -0.15) is 0 Å². The minimum Gasteiger partial charge on any atom is -0.483 e. The highest BCUT2D eigenvalue weighted by atomic mass is 19.1. The number of benzene rings is 1. The summed E-state index contributed by atoms with van der Waals surface area (Å²) in [6.07, 6.45) is 3.21. The van der Waals surface area contributed by atoms with E-state index >= 15 is 0 Å². The van der Waals surface area contributed by atoms with Crippen molar-refractivity contribution in [2.45, 2.75) is 45.4 Å². The molecule has 2 heterocycles. The maximum Gasteiger partial charge on any atom is 0.171 e. The summed E-state index contributed by atoms with van der Waals surface area (Å²) >= 11 is 0. The molecule has 21 heavy (non-hydrogen) atoms. The van der Waals surface area contributed by atoms with E-state index in [1.165, 1.54) is 6.07 Å². The predicted molar refractivity (Wildman–Crippen MR) is 76.3 cm³/mol. The summed E-state index contributed by atoms with van der Waals surface area (Å²) in [6, 6.07) is 4.61. The van der Waals surface area contributed by atoms with Crippen molar-refractivity contribution >= 4 is 0 Å². The highest BCUT2D eigenvalue weighted by Gasteiger charge is 2.16. The van der Waals surface area contributed by atoms with Crippen LogP contribution in [0.15, 0.2) is 18.2 Å². The van der Waals surface area contributed by atoms with E-state index in [4.69, 9.17) is 10.5 Å². The fraction of sp³-hybridized carbons (Fsp3) is 0.467. The Bertz CT molecular complexity index is 639. The maximum absolute atomic E-state index is 14.0.